The highest BCUT2D eigenvalue weighted by Gasteiger charge is 2.14. The van der Waals surface area contributed by atoms with Crippen LogP contribution in [0, 0.1) is 0 Å². The van der Waals surface area contributed by atoms with Crippen molar-refractivity contribution in [1.82, 2.24) is 28.7 Å². The molecule has 0 spiro atoms. The Kier molecular flexibility index (Phi) is 2.33. The fraction of sp³-hybridized carbons (Fsp3) is 0.0588. The van der Waals surface area contributed by atoms with Crippen molar-refractivity contribution in [2.24, 2.45) is 7.05 Å². The van der Waals surface area contributed by atoms with E-state index in [0.717, 1.165) is 22.8 Å². The second kappa shape index (κ2) is 4.36. The monoisotopic (exact) mass is 302 g/mol. The van der Waals surface area contributed by atoms with E-state index >= 15 is 0 Å². The third kappa shape index (κ3) is 1.63. The van der Waals surface area contributed by atoms with Crippen LogP contribution in [0.2, 0.25) is 0 Å². The quantitative estimate of drug-likeness (QED) is 0.545. The molecule has 1 N–H and O–H groups in total. The highest BCUT2D eigenvalue weighted by Crippen LogP contribution is 2.31. The number of imidazole rings is 2. The molecule has 4 heterocycles. The predicted octanol–water partition coefficient (Wildman–Crippen LogP) is 3.03. The van der Waals surface area contributed by atoms with E-state index in [1.165, 1.54) is 10.8 Å². The molecule has 6 nitrogen and oxygen atoms in total. The van der Waals surface area contributed by atoms with Crippen LogP contribution in [0.3, 0.4) is 0 Å². The molecule has 4 aromatic heterocycles. The lowest BCUT2D eigenvalue weighted by Gasteiger charge is -2.04. The number of nitrogens with one attached hydrogen (secondary N) is 1. The summed E-state index contributed by atoms with van der Waals surface area (Å²) in [6, 6.07) is 8.42. The maximum absolute atomic E-state index is 4.44. The summed E-state index contributed by atoms with van der Waals surface area (Å²) in [7, 11) is 1.99. The van der Waals surface area contributed by atoms with Crippen molar-refractivity contribution in [3.8, 4) is 11.6 Å². The van der Waals surface area contributed by atoms with Gasteiger partial charge in [0.1, 0.15) is 5.65 Å². The van der Waals surface area contributed by atoms with Gasteiger partial charge in [-0.15, -0.1) is 0 Å². The molecular weight excluding hydrogens is 288 g/mol. The molecule has 0 amide bonds. The van der Waals surface area contributed by atoms with Crippen LogP contribution >= 0.6 is 0 Å². The molecule has 0 fully saturated rings. The van der Waals surface area contributed by atoms with Gasteiger partial charge in [-0.3, -0.25) is 4.57 Å². The van der Waals surface area contributed by atoms with Crippen molar-refractivity contribution in [2.45, 2.75) is 0 Å². The van der Waals surface area contributed by atoms with Gasteiger partial charge >= 0.3 is 0 Å². The van der Waals surface area contributed by atoms with Crippen molar-refractivity contribution in [3.05, 3.63) is 61.6 Å². The number of H-pyrrole nitrogens is 1. The first-order valence-electron chi connectivity index (χ1n) is 7.41. The lowest BCUT2D eigenvalue weighted by atomic mass is 10.2. The van der Waals surface area contributed by atoms with E-state index in [2.05, 4.69) is 43.8 Å². The zero-order valence-corrected chi connectivity index (χ0v) is 12.5. The van der Waals surface area contributed by atoms with Gasteiger partial charge in [0.25, 0.3) is 0 Å². The van der Waals surface area contributed by atoms with Gasteiger partial charge in [0.05, 0.1) is 17.5 Å². The maximum Gasteiger partial charge on any atom is 0.215 e. The van der Waals surface area contributed by atoms with Crippen LogP contribution in [0.15, 0.2) is 61.6 Å². The first-order chi connectivity index (χ1) is 11.3. The highest BCUT2D eigenvalue weighted by molar-refractivity contribution is 6.09. The molecule has 5 aromatic rings. The smallest absolute Gasteiger partial charge is 0.215 e. The van der Waals surface area contributed by atoms with Crippen molar-refractivity contribution in [3.63, 3.8) is 0 Å². The molecule has 0 aliphatic carbocycles. The molecule has 0 saturated carbocycles. The molecule has 0 unspecified atom stereocenters. The Balaban J connectivity index is 1.85. The lowest BCUT2D eigenvalue weighted by molar-refractivity contribution is 0.831. The largest absolute Gasteiger partial charge is 0.339 e. The summed E-state index contributed by atoms with van der Waals surface area (Å²) < 4.78 is 6.09. The summed E-state index contributed by atoms with van der Waals surface area (Å²) >= 11 is 0. The molecule has 0 saturated heterocycles. The third-order valence-corrected chi connectivity index (χ3v) is 4.26. The van der Waals surface area contributed by atoms with E-state index in [-0.39, 0.29) is 0 Å². The first-order valence-corrected chi connectivity index (χ1v) is 7.41. The van der Waals surface area contributed by atoms with E-state index in [9.17, 15) is 0 Å². The van der Waals surface area contributed by atoms with Gasteiger partial charge in [-0.05, 0) is 12.1 Å². The van der Waals surface area contributed by atoms with E-state index in [4.69, 9.17) is 0 Å². The number of aromatic nitrogens is 6. The fourth-order valence-electron chi connectivity index (χ4n) is 3.16. The zero-order chi connectivity index (χ0) is 15.4. The summed E-state index contributed by atoms with van der Waals surface area (Å²) in [6.07, 6.45) is 11.4. The standard InChI is InChI=1S/C17H14N6/c1-21-9-7-19-17(21)23-8-5-13-12-3-2-4-14(15(12)20-16(13)23)22-10-6-18-11-22/h2-11,20H,1H3. The number of hydrogen-bond acceptors (Lipinski definition) is 2. The Labute approximate surface area is 131 Å². The van der Waals surface area contributed by atoms with Crippen LogP contribution in [0.4, 0.5) is 0 Å². The number of aryl methyl sites for hydroxylation is 1. The Morgan fingerprint density at radius 3 is 2.74 bits per heavy atom. The second-order valence-corrected chi connectivity index (χ2v) is 5.58. The number of rotatable bonds is 2. The average molecular weight is 302 g/mol. The molecule has 0 atom stereocenters. The minimum atomic E-state index is 0.885. The topological polar surface area (TPSA) is 56.4 Å². The van der Waals surface area contributed by atoms with E-state index in [1.54, 1.807) is 12.4 Å². The number of para-hydroxylation sites is 1. The Morgan fingerprint density at radius 1 is 1.00 bits per heavy atom. The van der Waals surface area contributed by atoms with E-state index < -0.39 is 0 Å². The Hall–Kier alpha value is -3.28. The van der Waals surface area contributed by atoms with Crippen LogP contribution in [0.25, 0.3) is 33.6 Å². The van der Waals surface area contributed by atoms with Crippen LogP contribution in [-0.2, 0) is 7.05 Å². The van der Waals surface area contributed by atoms with Crippen LogP contribution in [0.1, 0.15) is 0 Å². The first kappa shape index (κ1) is 12.3. The summed E-state index contributed by atoms with van der Waals surface area (Å²) in [5, 5.41) is 2.38. The minimum absolute atomic E-state index is 0.885. The number of benzene rings is 1. The van der Waals surface area contributed by atoms with Gasteiger partial charge in [-0.2, -0.15) is 0 Å². The van der Waals surface area contributed by atoms with Crippen molar-refractivity contribution < 1.29 is 0 Å². The van der Waals surface area contributed by atoms with Crippen molar-refractivity contribution in [2.75, 3.05) is 0 Å². The van der Waals surface area contributed by atoms with Gasteiger partial charge in [0.2, 0.25) is 5.95 Å². The van der Waals surface area contributed by atoms with Crippen LogP contribution in [-0.4, -0.2) is 28.7 Å². The van der Waals surface area contributed by atoms with E-state index in [1.807, 2.05) is 41.1 Å². The molecule has 112 valence electrons. The lowest BCUT2D eigenvalue weighted by Crippen LogP contribution is -2.01. The number of nitrogens with zero attached hydrogens (tertiary/aromatic N) is 5. The molecule has 5 rings (SSSR count). The SMILES string of the molecule is Cn1ccnc1-n1ccc2c3cccc(-n4ccnc4)c3[nH]c21. The molecular formula is C17H14N6. The third-order valence-electron chi connectivity index (χ3n) is 4.26. The predicted molar refractivity (Wildman–Crippen MR) is 89.0 cm³/mol. The number of fused-ring (bicyclic) bond motifs is 3. The number of hydrogen-bond donors (Lipinski definition) is 1. The molecule has 0 radical (unpaired) electrons. The maximum atomic E-state index is 4.44. The molecule has 6 heteroatoms. The van der Waals surface area contributed by atoms with Gasteiger partial charge in [-0.1, -0.05) is 12.1 Å². The molecule has 0 bridgehead atoms. The normalized spacial score (nSPS) is 11.7. The van der Waals surface area contributed by atoms with Crippen molar-refractivity contribution >= 4 is 21.9 Å². The minimum Gasteiger partial charge on any atom is -0.339 e. The average Bonchev–Trinajstić information content (AvgIpc) is 3.31. The molecule has 0 aliphatic rings. The zero-order valence-electron chi connectivity index (χ0n) is 12.5. The fourth-order valence-corrected chi connectivity index (χ4v) is 3.16. The summed E-state index contributed by atoms with van der Waals surface area (Å²) in [5.41, 5.74) is 3.23. The van der Waals surface area contributed by atoms with Gasteiger partial charge in [0.15, 0.2) is 0 Å². The second-order valence-electron chi connectivity index (χ2n) is 5.58. The van der Waals surface area contributed by atoms with Gasteiger partial charge in [0, 0.05) is 48.8 Å². The Bertz CT molecular complexity index is 1120. The van der Waals surface area contributed by atoms with Crippen LogP contribution in [0.5, 0.6) is 0 Å². The Morgan fingerprint density at radius 2 is 1.96 bits per heavy atom. The summed E-state index contributed by atoms with van der Waals surface area (Å²) in [4.78, 5) is 12.1. The number of aromatic amines is 1. The van der Waals surface area contributed by atoms with Crippen molar-refractivity contribution in [1.29, 1.82) is 0 Å². The van der Waals surface area contributed by atoms with Gasteiger partial charge in [-0.25, -0.2) is 9.97 Å². The van der Waals surface area contributed by atoms with Crippen LogP contribution < -0.4 is 0 Å². The highest BCUT2D eigenvalue weighted by atomic mass is 15.2. The summed E-state index contributed by atoms with van der Waals surface area (Å²) in [5.74, 6) is 0.885. The molecule has 23 heavy (non-hydrogen) atoms. The molecule has 0 aliphatic heterocycles. The summed E-state index contributed by atoms with van der Waals surface area (Å²) in [6.45, 7) is 0. The van der Waals surface area contributed by atoms with Gasteiger partial charge < -0.3 is 14.1 Å². The molecule has 1 aromatic carbocycles. The van der Waals surface area contributed by atoms with E-state index in [0.29, 0.717) is 0 Å².